The highest BCUT2D eigenvalue weighted by atomic mass is 79.9. The number of hydrogen-bond donors (Lipinski definition) is 8. The molecule has 0 bridgehead atoms. The van der Waals surface area contributed by atoms with Gasteiger partial charge in [-0.05, 0) is 126 Å². The van der Waals surface area contributed by atoms with E-state index in [4.69, 9.17) is 19.3 Å². The molecule has 6 aromatic carbocycles. The third-order valence-corrected chi connectivity index (χ3v) is 10.7. The van der Waals surface area contributed by atoms with Gasteiger partial charge in [-0.25, -0.2) is 4.39 Å². The number of carbonyl (C=O) groups is 1. The molecule has 1 atom stereocenters. The summed E-state index contributed by atoms with van der Waals surface area (Å²) in [5, 5.41) is 7.71. The first kappa shape index (κ1) is 63.1. The van der Waals surface area contributed by atoms with Crippen LogP contribution < -0.4 is 18.9 Å². The van der Waals surface area contributed by atoms with E-state index < -0.39 is 29.3 Å². The average molecular weight is 1190 g/mol. The quantitative estimate of drug-likeness (QED) is 0.0650. The van der Waals surface area contributed by atoms with Crippen LogP contribution in [0.15, 0.2) is 172 Å². The number of thiol groups is 7. The Morgan fingerprint density at radius 3 is 1.44 bits per heavy atom. The first-order valence-electron chi connectivity index (χ1n) is 17.9. The molecular weight excluding hydrogens is 1140 g/mol. The Labute approximate surface area is 434 Å². The summed E-state index contributed by atoms with van der Waals surface area (Å²) in [5.74, 6) is 1.72. The van der Waals surface area contributed by atoms with Crippen LogP contribution in [0.4, 0.5) is 30.7 Å². The zero-order chi connectivity index (χ0) is 50.6. The van der Waals surface area contributed by atoms with Crippen LogP contribution in [0, 0.1) is 5.82 Å². The summed E-state index contributed by atoms with van der Waals surface area (Å²) in [6.07, 6.45) is -9.87. The predicted octanol–water partition coefficient (Wildman–Crippen LogP) is 15.3. The third kappa shape index (κ3) is 29.7. The molecule has 0 saturated carbocycles. The van der Waals surface area contributed by atoms with Crippen molar-refractivity contribution in [3.05, 3.63) is 154 Å². The van der Waals surface area contributed by atoms with Crippen molar-refractivity contribution in [2.24, 2.45) is 0 Å². The van der Waals surface area contributed by atoms with Gasteiger partial charge in [0.25, 0.3) is 0 Å². The number of carbonyl (C=O) groups excluding carboxylic acids is 1. The molecule has 0 saturated heterocycles. The highest BCUT2D eigenvalue weighted by Gasteiger charge is 2.32. The van der Waals surface area contributed by atoms with Crippen LogP contribution in [-0.4, -0.2) is 44.0 Å². The van der Waals surface area contributed by atoms with Crippen molar-refractivity contribution in [2.45, 2.75) is 54.9 Å². The Hall–Kier alpha value is -2.93. The van der Waals surface area contributed by atoms with Gasteiger partial charge >= 0.3 is 12.5 Å². The number of ether oxygens (including phenoxy) is 4. The number of para-hydroxylation sites is 1. The smallest absolute Gasteiger partial charge is 0.496 e. The summed E-state index contributed by atoms with van der Waals surface area (Å²) in [6.45, 7) is 1.37. The summed E-state index contributed by atoms with van der Waals surface area (Å²) in [5.41, 5.74) is -0.662. The van der Waals surface area contributed by atoms with E-state index in [9.17, 15) is 35.5 Å². The standard InChI is InChI=1S/C8H10O2S.C7H4BrF3OS.C7H5F3S.C7H8OS.C6H5BrS.C6H5FS.C3H6O2S/c1-9-7-4-3-6(11)5-8(7)10-2;8-4-1-2-6(13)5(3-4)12-7(9,10)11;8-7(9,10)5-2-1-3-6(11)4-5;1-8-6-4-2-3-5-7(6)9;7-5-3-1-2-4-6(5)8;7-5-1-3-6(8)4-2-5;1-2(4)3(5)6/h3-5,11H,1-2H3;1-3,13H;1-4,11H;2-5,9H,1H3;2*1-4,8H;2,4H,1H3,(H,5,6). The molecule has 0 amide bonds. The van der Waals surface area contributed by atoms with Gasteiger partial charge in [0.05, 0.1) is 26.9 Å². The fourth-order valence-electron chi connectivity index (χ4n) is 3.72. The van der Waals surface area contributed by atoms with Crippen molar-refractivity contribution in [1.29, 1.82) is 0 Å². The lowest BCUT2D eigenvalue weighted by Crippen LogP contribution is -2.17. The molecule has 6 rings (SSSR count). The van der Waals surface area contributed by atoms with E-state index in [0.717, 1.165) is 47.7 Å². The van der Waals surface area contributed by atoms with E-state index in [1.54, 1.807) is 39.5 Å². The molecule has 0 fully saturated rings. The lowest BCUT2D eigenvalue weighted by molar-refractivity contribution is -0.275. The zero-order valence-electron chi connectivity index (χ0n) is 34.8. The normalized spacial score (nSPS) is 10.5. The third-order valence-electron chi connectivity index (χ3n) is 6.81. The van der Waals surface area contributed by atoms with Gasteiger partial charge in [-0.1, -0.05) is 46.3 Å². The first-order chi connectivity index (χ1) is 30.7. The van der Waals surface area contributed by atoms with Crippen LogP contribution in [0.25, 0.3) is 0 Å². The fourth-order valence-corrected chi connectivity index (χ4v) is 5.51. The van der Waals surface area contributed by atoms with Gasteiger partial charge in [-0.3, -0.25) is 4.79 Å². The van der Waals surface area contributed by atoms with Gasteiger partial charge in [-0.2, -0.15) is 13.2 Å². The SMILES string of the molecule is CC(O)C(=O)S.COc1ccc(S)cc1OC.COc1ccccc1S.FC(F)(F)Oc1cc(Br)ccc1S.FC(F)(F)c1cccc(S)c1.Fc1ccc(S)cc1.Sc1ccccc1Br. The maximum Gasteiger partial charge on any atom is 0.573 e. The average Bonchev–Trinajstić information content (AvgIpc) is 3.25. The fraction of sp³-hybridized carbons (Fsp3) is 0.159. The number of aliphatic hydroxyl groups is 1. The van der Waals surface area contributed by atoms with E-state index in [2.05, 4.69) is 125 Å². The van der Waals surface area contributed by atoms with Crippen LogP contribution in [-0.2, 0) is 11.0 Å². The maximum atomic E-state index is 12.1. The molecule has 0 aliphatic carbocycles. The summed E-state index contributed by atoms with van der Waals surface area (Å²) < 4.78 is 103. The number of rotatable bonds is 5. The number of hydrogen-bond acceptors (Lipinski definition) is 12. The number of methoxy groups -OCH3 is 3. The van der Waals surface area contributed by atoms with Crippen LogP contribution in [0.5, 0.6) is 23.0 Å². The highest BCUT2D eigenvalue weighted by molar-refractivity contribution is 9.10. The molecule has 0 aliphatic rings. The van der Waals surface area contributed by atoms with Crippen LogP contribution in [0.2, 0.25) is 0 Å². The summed E-state index contributed by atoms with van der Waals surface area (Å²) in [4.78, 5) is 13.7. The summed E-state index contributed by atoms with van der Waals surface area (Å²) >= 11 is 33.7. The lowest BCUT2D eigenvalue weighted by atomic mass is 10.2. The Morgan fingerprint density at radius 2 is 1.05 bits per heavy atom. The minimum Gasteiger partial charge on any atom is -0.496 e. The minimum absolute atomic E-state index is 0.139. The Bertz CT molecular complexity index is 2290. The molecule has 0 aliphatic heterocycles. The Morgan fingerprint density at radius 1 is 0.561 bits per heavy atom. The number of halogens is 9. The molecule has 360 valence electrons. The topological polar surface area (TPSA) is 74.2 Å². The van der Waals surface area contributed by atoms with Crippen LogP contribution >= 0.6 is 120 Å². The number of alkyl halides is 6. The van der Waals surface area contributed by atoms with E-state index in [-0.39, 0.29) is 16.5 Å². The Kier molecular flexibility index (Phi) is 32.1. The summed E-state index contributed by atoms with van der Waals surface area (Å²) in [6, 6.07) is 35.9. The zero-order valence-corrected chi connectivity index (χ0v) is 44.2. The lowest BCUT2D eigenvalue weighted by Gasteiger charge is -2.10. The molecule has 0 heterocycles. The molecule has 0 spiro atoms. The van der Waals surface area contributed by atoms with Crippen LogP contribution in [0.3, 0.4) is 0 Å². The van der Waals surface area contributed by atoms with Gasteiger partial charge < -0.3 is 24.1 Å². The monoisotopic (exact) mass is 1180 g/mol. The van der Waals surface area contributed by atoms with E-state index in [0.29, 0.717) is 15.1 Å². The molecule has 66 heavy (non-hydrogen) atoms. The maximum absolute atomic E-state index is 12.1. The second kappa shape index (κ2) is 33.5. The van der Waals surface area contributed by atoms with Crippen molar-refractivity contribution in [3.63, 3.8) is 0 Å². The minimum atomic E-state index is -4.68. The van der Waals surface area contributed by atoms with E-state index in [1.807, 2.05) is 66.7 Å². The highest BCUT2D eigenvalue weighted by Crippen LogP contribution is 2.32. The molecular formula is C44H43Br2F7O6S7. The molecule has 1 N–H and O–H groups in total. The van der Waals surface area contributed by atoms with Gasteiger partial charge in [0, 0.05) is 38.3 Å². The largest absolute Gasteiger partial charge is 0.573 e. The van der Waals surface area contributed by atoms with Crippen molar-refractivity contribution in [1.82, 2.24) is 0 Å². The number of aliphatic hydroxyl groups excluding tert-OH is 1. The second-order valence-electron chi connectivity index (χ2n) is 11.9. The van der Waals surface area contributed by atoms with E-state index >= 15 is 0 Å². The molecule has 6 aromatic rings. The number of benzene rings is 6. The first-order valence-corrected chi connectivity index (χ1v) is 22.6. The molecule has 1 unspecified atom stereocenters. The van der Waals surface area contributed by atoms with Gasteiger partial charge in [0.1, 0.15) is 23.4 Å². The van der Waals surface area contributed by atoms with Crippen molar-refractivity contribution < 1.29 is 59.6 Å². The molecule has 6 nitrogen and oxygen atoms in total. The molecule has 0 aromatic heterocycles. The van der Waals surface area contributed by atoms with Crippen molar-refractivity contribution >= 4 is 125 Å². The second-order valence-corrected chi connectivity index (χ2v) is 17.1. The van der Waals surface area contributed by atoms with Gasteiger partial charge in [-0.15, -0.1) is 102 Å². The molecule has 22 heteroatoms. The Balaban J connectivity index is 0.000000756. The van der Waals surface area contributed by atoms with Gasteiger partial charge in [0.2, 0.25) is 5.12 Å². The predicted molar refractivity (Wildman–Crippen MR) is 275 cm³/mol. The van der Waals surface area contributed by atoms with Crippen LogP contribution in [0.1, 0.15) is 12.5 Å². The summed E-state index contributed by atoms with van der Waals surface area (Å²) in [7, 11) is 4.84. The van der Waals surface area contributed by atoms with Crippen molar-refractivity contribution in [3.8, 4) is 23.0 Å². The molecule has 0 radical (unpaired) electrons. The van der Waals surface area contributed by atoms with E-state index in [1.165, 1.54) is 43.3 Å². The van der Waals surface area contributed by atoms with Gasteiger partial charge in [0.15, 0.2) is 11.5 Å². The van der Waals surface area contributed by atoms with Crippen molar-refractivity contribution in [2.75, 3.05) is 21.3 Å².